The molecule has 0 saturated heterocycles. The van der Waals surface area contributed by atoms with Crippen LogP contribution in [-0.2, 0) is 12.7 Å². The Kier molecular flexibility index (Phi) is 5.62. The molecule has 5 nitrogen and oxygen atoms in total. The fourth-order valence-corrected chi connectivity index (χ4v) is 2.13. The van der Waals surface area contributed by atoms with Crippen molar-refractivity contribution in [1.82, 2.24) is 10.3 Å². The minimum absolute atomic E-state index is 0.0118. The first-order valence-electron chi connectivity index (χ1n) is 7.19. The van der Waals surface area contributed by atoms with Gasteiger partial charge in [0.2, 0.25) is 0 Å². The number of carbonyl (C=O) groups is 1. The van der Waals surface area contributed by atoms with Gasteiger partial charge in [-0.2, -0.15) is 13.2 Å². The van der Waals surface area contributed by atoms with Crippen LogP contribution in [0.15, 0.2) is 36.5 Å². The predicted octanol–water partition coefficient (Wildman–Crippen LogP) is 3.45. The van der Waals surface area contributed by atoms with Gasteiger partial charge in [-0.15, -0.1) is 6.42 Å². The number of terminal acetylenes is 1. The highest BCUT2D eigenvalue weighted by molar-refractivity contribution is 5.99. The first kappa shape index (κ1) is 18.3. The van der Waals surface area contributed by atoms with Crippen molar-refractivity contribution in [1.29, 1.82) is 0 Å². The Bertz CT molecular complexity index is 812. The van der Waals surface area contributed by atoms with E-state index < -0.39 is 17.8 Å². The van der Waals surface area contributed by atoms with Gasteiger partial charge in [0.15, 0.2) is 0 Å². The van der Waals surface area contributed by atoms with Gasteiger partial charge in [-0.3, -0.25) is 5.32 Å². The molecule has 0 atom stereocenters. The Hall–Kier alpha value is -3.05. The highest BCUT2D eigenvalue weighted by atomic mass is 19.4. The molecular weight excluding hydrogens is 333 g/mol. The van der Waals surface area contributed by atoms with Crippen LogP contribution in [0.2, 0.25) is 0 Å². The summed E-state index contributed by atoms with van der Waals surface area (Å²) < 4.78 is 39.4. The normalized spacial score (nSPS) is 10.8. The predicted molar refractivity (Wildman–Crippen MR) is 89.0 cm³/mol. The molecule has 2 rings (SSSR count). The fourth-order valence-electron chi connectivity index (χ4n) is 2.13. The number of hydrogen-bond donors (Lipinski definition) is 3. The van der Waals surface area contributed by atoms with Crippen LogP contribution in [0.4, 0.5) is 29.5 Å². The molecule has 0 aliphatic rings. The topological polar surface area (TPSA) is 66.0 Å². The SMILES string of the molecule is C#Cc1ccnc(NC(=O)Nc2ccc(CNC)c(C(F)(F)F)c2)c1. The number of amides is 2. The van der Waals surface area contributed by atoms with Gasteiger partial charge in [0.25, 0.3) is 0 Å². The molecule has 0 aliphatic carbocycles. The lowest BCUT2D eigenvalue weighted by atomic mass is 10.1. The van der Waals surface area contributed by atoms with Crippen molar-refractivity contribution >= 4 is 17.5 Å². The molecule has 1 aromatic heterocycles. The Morgan fingerprint density at radius 1 is 1.24 bits per heavy atom. The van der Waals surface area contributed by atoms with Gasteiger partial charge in [0.1, 0.15) is 5.82 Å². The molecular formula is C17H15F3N4O. The van der Waals surface area contributed by atoms with Crippen molar-refractivity contribution in [2.75, 3.05) is 17.7 Å². The van der Waals surface area contributed by atoms with Gasteiger partial charge >= 0.3 is 12.2 Å². The number of urea groups is 1. The minimum atomic E-state index is -4.52. The molecule has 0 saturated carbocycles. The summed E-state index contributed by atoms with van der Waals surface area (Å²) in [6.45, 7) is 0.0596. The minimum Gasteiger partial charge on any atom is -0.316 e. The van der Waals surface area contributed by atoms with E-state index in [1.54, 1.807) is 13.1 Å². The molecule has 2 amide bonds. The van der Waals surface area contributed by atoms with E-state index in [1.807, 2.05) is 0 Å². The third-order valence-electron chi connectivity index (χ3n) is 3.21. The van der Waals surface area contributed by atoms with Gasteiger partial charge in [-0.25, -0.2) is 9.78 Å². The van der Waals surface area contributed by atoms with E-state index in [0.717, 1.165) is 6.07 Å². The Morgan fingerprint density at radius 3 is 2.64 bits per heavy atom. The summed E-state index contributed by atoms with van der Waals surface area (Å²) in [4.78, 5) is 15.9. The first-order chi connectivity index (χ1) is 11.8. The monoisotopic (exact) mass is 348 g/mol. The van der Waals surface area contributed by atoms with Crippen molar-refractivity contribution in [3.63, 3.8) is 0 Å². The van der Waals surface area contributed by atoms with E-state index in [0.29, 0.717) is 5.56 Å². The zero-order valence-corrected chi connectivity index (χ0v) is 13.2. The van der Waals surface area contributed by atoms with E-state index in [1.165, 1.54) is 24.4 Å². The molecule has 0 unspecified atom stereocenters. The number of nitrogens with one attached hydrogen (secondary N) is 3. The number of rotatable bonds is 4. The van der Waals surface area contributed by atoms with Gasteiger partial charge in [0.05, 0.1) is 5.56 Å². The van der Waals surface area contributed by atoms with Crippen LogP contribution in [0.5, 0.6) is 0 Å². The first-order valence-corrected chi connectivity index (χ1v) is 7.19. The third kappa shape index (κ3) is 4.96. The number of benzene rings is 1. The molecule has 2 aromatic rings. The van der Waals surface area contributed by atoms with Crippen molar-refractivity contribution in [3.05, 3.63) is 53.2 Å². The number of carbonyl (C=O) groups excluding carboxylic acids is 1. The number of nitrogens with zero attached hydrogens (tertiary/aromatic N) is 1. The molecule has 8 heteroatoms. The van der Waals surface area contributed by atoms with Crippen molar-refractivity contribution in [2.24, 2.45) is 0 Å². The number of hydrogen-bond acceptors (Lipinski definition) is 3. The molecule has 0 fully saturated rings. The molecule has 25 heavy (non-hydrogen) atoms. The van der Waals surface area contributed by atoms with Crippen LogP contribution in [0.3, 0.4) is 0 Å². The Morgan fingerprint density at radius 2 is 2.00 bits per heavy atom. The molecule has 3 N–H and O–H groups in total. The Labute approximate surface area is 142 Å². The van der Waals surface area contributed by atoms with E-state index in [-0.39, 0.29) is 23.6 Å². The molecule has 130 valence electrons. The van der Waals surface area contributed by atoms with Gasteiger partial charge in [0, 0.05) is 24.0 Å². The van der Waals surface area contributed by atoms with Crippen LogP contribution in [0.1, 0.15) is 16.7 Å². The van der Waals surface area contributed by atoms with E-state index in [2.05, 4.69) is 26.9 Å². The molecule has 0 bridgehead atoms. The largest absolute Gasteiger partial charge is 0.416 e. The smallest absolute Gasteiger partial charge is 0.316 e. The quantitative estimate of drug-likeness (QED) is 0.742. The summed E-state index contributed by atoms with van der Waals surface area (Å²) in [5, 5.41) is 7.44. The van der Waals surface area contributed by atoms with E-state index in [4.69, 9.17) is 6.42 Å². The summed E-state index contributed by atoms with van der Waals surface area (Å²) in [5.41, 5.74) is -0.199. The summed E-state index contributed by atoms with van der Waals surface area (Å²) in [6.07, 6.45) is 2.14. The standard InChI is InChI=1S/C17H15F3N4O/c1-3-11-6-7-22-15(8-11)24-16(25)23-13-5-4-12(10-21-2)14(9-13)17(18,19)20/h1,4-9,21H,10H2,2H3,(H2,22,23,24,25). The van der Waals surface area contributed by atoms with Gasteiger partial charge in [-0.05, 0) is 36.9 Å². The zero-order valence-electron chi connectivity index (χ0n) is 13.2. The second-order valence-corrected chi connectivity index (χ2v) is 5.05. The highest BCUT2D eigenvalue weighted by Gasteiger charge is 2.33. The van der Waals surface area contributed by atoms with Crippen LogP contribution in [0, 0.1) is 12.3 Å². The number of pyridine rings is 1. The van der Waals surface area contributed by atoms with Crippen LogP contribution < -0.4 is 16.0 Å². The molecule has 0 spiro atoms. The summed E-state index contributed by atoms with van der Waals surface area (Å²) in [5.74, 6) is 2.58. The van der Waals surface area contributed by atoms with Crippen LogP contribution in [-0.4, -0.2) is 18.1 Å². The molecule has 0 aliphatic heterocycles. The molecule has 1 aromatic carbocycles. The fraction of sp³-hybridized carbons (Fsp3) is 0.176. The second kappa shape index (κ2) is 7.68. The maximum absolute atomic E-state index is 13.1. The van der Waals surface area contributed by atoms with Crippen LogP contribution in [0.25, 0.3) is 0 Å². The summed E-state index contributed by atoms with van der Waals surface area (Å²) in [6, 6.07) is 5.92. The van der Waals surface area contributed by atoms with Gasteiger partial charge in [-0.1, -0.05) is 12.0 Å². The third-order valence-corrected chi connectivity index (χ3v) is 3.21. The second-order valence-electron chi connectivity index (χ2n) is 5.05. The molecule has 0 radical (unpaired) electrons. The maximum atomic E-state index is 13.1. The summed E-state index contributed by atoms with van der Waals surface area (Å²) in [7, 11) is 1.55. The number of halogens is 3. The lowest BCUT2D eigenvalue weighted by Crippen LogP contribution is -2.21. The number of alkyl halides is 3. The van der Waals surface area contributed by atoms with Gasteiger partial charge < -0.3 is 10.6 Å². The Balaban J connectivity index is 2.16. The van der Waals surface area contributed by atoms with Crippen molar-refractivity contribution < 1.29 is 18.0 Å². The van der Waals surface area contributed by atoms with Crippen molar-refractivity contribution in [2.45, 2.75) is 12.7 Å². The van der Waals surface area contributed by atoms with E-state index >= 15 is 0 Å². The van der Waals surface area contributed by atoms with Crippen molar-refractivity contribution in [3.8, 4) is 12.3 Å². The number of aromatic nitrogens is 1. The molecule has 1 heterocycles. The lowest BCUT2D eigenvalue weighted by Gasteiger charge is -2.15. The maximum Gasteiger partial charge on any atom is 0.416 e. The zero-order chi connectivity index (χ0) is 18.4. The van der Waals surface area contributed by atoms with E-state index in [9.17, 15) is 18.0 Å². The highest BCUT2D eigenvalue weighted by Crippen LogP contribution is 2.33. The average molecular weight is 348 g/mol. The lowest BCUT2D eigenvalue weighted by molar-refractivity contribution is -0.138. The number of anilines is 2. The van der Waals surface area contributed by atoms with Crippen LogP contribution >= 0.6 is 0 Å². The summed E-state index contributed by atoms with van der Waals surface area (Å²) >= 11 is 0. The average Bonchev–Trinajstić information content (AvgIpc) is 2.55.